The van der Waals surface area contributed by atoms with E-state index in [9.17, 15) is 15.0 Å². The first-order chi connectivity index (χ1) is 25.8. The van der Waals surface area contributed by atoms with Crippen molar-refractivity contribution in [2.24, 2.45) is 39.8 Å². The maximum absolute atomic E-state index is 13.8. The quantitative estimate of drug-likeness (QED) is 0.134. The van der Waals surface area contributed by atoms with E-state index >= 15 is 0 Å². The van der Waals surface area contributed by atoms with Gasteiger partial charge in [0, 0.05) is 54.6 Å². The first-order valence-corrected chi connectivity index (χ1v) is 19.5. The molecule has 2 bridgehead atoms. The molecule has 5 aliphatic rings. The molecule has 0 aromatic heterocycles. The van der Waals surface area contributed by atoms with Crippen LogP contribution in [0.2, 0.25) is 0 Å². The van der Waals surface area contributed by atoms with E-state index in [1.54, 1.807) is 19.1 Å². The van der Waals surface area contributed by atoms with Gasteiger partial charge < -0.3 is 36.2 Å². The fraction of sp³-hybridized carbons (Fsp3) is 0.535. The van der Waals surface area contributed by atoms with E-state index in [0.29, 0.717) is 46.9 Å². The first-order valence-electron chi connectivity index (χ1n) is 19.5. The smallest absolute Gasteiger partial charge is 0.251 e. The lowest BCUT2D eigenvalue weighted by Crippen LogP contribution is -2.57. The molecule has 3 aromatic rings. The summed E-state index contributed by atoms with van der Waals surface area (Å²) >= 11 is 0. The molecular weight excluding hydrogens is 681 g/mol. The number of ether oxygens (including phenoxy) is 1. The van der Waals surface area contributed by atoms with Crippen LogP contribution in [0.5, 0.6) is 5.75 Å². The predicted molar refractivity (Wildman–Crippen MR) is 214 cm³/mol. The van der Waals surface area contributed by atoms with Crippen LogP contribution in [0, 0.1) is 29.1 Å². The zero-order valence-electron chi connectivity index (χ0n) is 32.8. The maximum Gasteiger partial charge on any atom is 0.251 e. The summed E-state index contributed by atoms with van der Waals surface area (Å²) in [5.74, 6) is 2.07. The summed E-state index contributed by atoms with van der Waals surface area (Å²) in [6.07, 6.45) is 1.54. The van der Waals surface area contributed by atoms with Crippen LogP contribution in [-0.2, 0) is 17.8 Å². The van der Waals surface area contributed by atoms with E-state index in [-0.39, 0.29) is 31.1 Å². The lowest BCUT2D eigenvalue weighted by Gasteiger charge is -2.61. The molecule has 2 aliphatic heterocycles. The number of aliphatic hydroxyl groups is 2. The molecule has 0 radical (unpaired) electrons. The van der Waals surface area contributed by atoms with Crippen LogP contribution in [-0.4, -0.2) is 91.7 Å². The lowest BCUT2D eigenvalue weighted by molar-refractivity contribution is -0.171. The number of para-hydroxylation sites is 2. The van der Waals surface area contributed by atoms with Crippen LogP contribution in [0.1, 0.15) is 62.0 Å². The van der Waals surface area contributed by atoms with Crippen LogP contribution in [0.3, 0.4) is 0 Å². The van der Waals surface area contributed by atoms with Gasteiger partial charge in [-0.3, -0.25) is 14.6 Å². The normalized spacial score (nSPS) is 29.4. The molecule has 1 amide bonds. The van der Waals surface area contributed by atoms with E-state index < -0.39 is 24.2 Å². The minimum absolute atomic E-state index is 0.0480. The van der Waals surface area contributed by atoms with E-state index in [1.807, 2.05) is 61.5 Å². The number of nitrogens with one attached hydrogen (secondary N) is 2. The van der Waals surface area contributed by atoms with Gasteiger partial charge in [-0.25, -0.2) is 0 Å². The monoisotopic (exact) mass is 738 g/mol. The standard InChI is InChI=1S/C43H58N6O5/c1-24-34-19-30(43(34,3)4)20-36(24)47-41(44)39-38(25(2)51)37(23-50)54-49(39)22-27-12-10-13-33(40(27)53-7)28-15-29(18-32(17-28)48(5)6)42(52)46-31-16-26-11-8-9-14-35(26)45-21-31/h8-15,17-18,24-25,30-31,34,36-39,45,50-51H,16,19-23H2,1-7H3,(H2,44,47)(H,46,52)/t24-,25-,30+,31?,34-,36-,37-,38-,39-/m0/s1. The number of hydrogen-bond acceptors (Lipinski definition) is 9. The Morgan fingerprint density at radius 3 is 2.63 bits per heavy atom. The number of amidine groups is 1. The Morgan fingerprint density at radius 1 is 1.17 bits per heavy atom. The van der Waals surface area contributed by atoms with E-state index in [2.05, 4.69) is 49.6 Å². The molecule has 3 aromatic carbocycles. The fourth-order valence-electron chi connectivity index (χ4n) is 9.79. The number of methoxy groups -OCH3 is 1. The van der Waals surface area contributed by atoms with Crippen LogP contribution in [0.4, 0.5) is 11.4 Å². The number of rotatable bonds is 11. The number of carbonyl (C=O) groups excluding carboxylic acids is 1. The summed E-state index contributed by atoms with van der Waals surface area (Å²) in [6.45, 7) is 9.41. The zero-order chi connectivity index (χ0) is 38.5. The number of aliphatic hydroxyl groups excluding tert-OH is 2. The topological polar surface area (TPSA) is 145 Å². The van der Waals surface area contributed by atoms with Gasteiger partial charge in [0.1, 0.15) is 23.7 Å². The Hall–Kier alpha value is -4.16. The Morgan fingerprint density at radius 2 is 1.94 bits per heavy atom. The number of anilines is 2. The van der Waals surface area contributed by atoms with Gasteiger partial charge in [0.2, 0.25) is 0 Å². The number of amides is 1. The molecule has 1 saturated heterocycles. The van der Waals surface area contributed by atoms with Crippen LogP contribution in [0.15, 0.2) is 65.7 Å². The van der Waals surface area contributed by atoms with Crippen LogP contribution in [0.25, 0.3) is 11.1 Å². The molecule has 0 spiro atoms. The van der Waals surface area contributed by atoms with Gasteiger partial charge in [-0.05, 0) is 84.7 Å². The highest BCUT2D eigenvalue weighted by Gasteiger charge is 2.56. The summed E-state index contributed by atoms with van der Waals surface area (Å²) in [4.78, 5) is 27.3. The van der Waals surface area contributed by atoms with E-state index in [4.69, 9.17) is 20.3 Å². The molecule has 9 atom stereocenters. The largest absolute Gasteiger partial charge is 0.496 e. The molecule has 11 heteroatoms. The third kappa shape index (κ3) is 7.07. The third-order valence-corrected chi connectivity index (χ3v) is 13.0. The van der Waals surface area contributed by atoms with Gasteiger partial charge in [0.05, 0.1) is 38.4 Å². The van der Waals surface area contributed by atoms with Crippen molar-refractivity contribution in [3.8, 4) is 16.9 Å². The van der Waals surface area contributed by atoms with Crippen molar-refractivity contribution < 1.29 is 24.6 Å². The Bertz CT molecular complexity index is 1880. The highest BCUT2D eigenvalue weighted by molar-refractivity contribution is 5.97. The molecule has 11 nitrogen and oxygen atoms in total. The molecule has 8 rings (SSSR count). The molecule has 54 heavy (non-hydrogen) atoms. The SMILES string of the molecule is COc1c(CN2O[C@@H](CO)[C@H]([C@H](C)O)[C@H]2C(N)=N[C@H]2C[C@H]3C[C@@H]([C@@H]2C)C3(C)C)cccc1-c1cc(C(=O)NC2CNc3ccccc3C2)cc(N(C)C)c1. The Balaban J connectivity index is 1.17. The van der Waals surface area contributed by atoms with Gasteiger partial charge in [0.15, 0.2) is 0 Å². The molecule has 2 heterocycles. The average molecular weight is 739 g/mol. The minimum atomic E-state index is -0.798. The van der Waals surface area contributed by atoms with Crippen molar-refractivity contribution in [2.75, 3.05) is 44.6 Å². The average Bonchev–Trinajstić information content (AvgIpc) is 3.53. The fourth-order valence-corrected chi connectivity index (χ4v) is 9.79. The van der Waals surface area contributed by atoms with Gasteiger partial charge >= 0.3 is 0 Å². The number of nitrogens with two attached hydrogens (primary N) is 1. The van der Waals surface area contributed by atoms with Crippen LogP contribution >= 0.6 is 0 Å². The predicted octanol–water partition coefficient (Wildman–Crippen LogP) is 5.10. The lowest BCUT2D eigenvalue weighted by atomic mass is 9.45. The van der Waals surface area contributed by atoms with Crippen molar-refractivity contribution >= 4 is 23.1 Å². The zero-order valence-corrected chi connectivity index (χ0v) is 32.8. The van der Waals surface area contributed by atoms with Crippen molar-refractivity contribution in [1.29, 1.82) is 0 Å². The van der Waals surface area contributed by atoms with Crippen molar-refractivity contribution in [3.05, 3.63) is 77.4 Å². The number of hydroxylamine groups is 2. The van der Waals surface area contributed by atoms with Crippen LogP contribution < -0.4 is 26.0 Å². The number of benzene rings is 3. The van der Waals surface area contributed by atoms with Crippen molar-refractivity contribution in [1.82, 2.24) is 10.4 Å². The van der Waals surface area contributed by atoms with E-state index in [1.165, 1.54) is 12.0 Å². The van der Waals surface area contributed by atoms with Crippen molar-refractivity contribution in [3.63, 3.8) is 0 Å². The summed E-state index contributed by atoms with van der Waals surface area (Å²) in [7, 11) is 5.56. The molecular formula is C43H58N6O5. The van der Waals surface area contributed by atoms with E-state index in [0.717, 1.165) is 40.9 Å². The van der Waals surface area contributed by atoms with Gasteiger partial charge in [0.25, 0.3) is 5.91 Å². The Labute approximate surface area is 319 Å². The molecule has 290 valence electrons. The summed E-state index contributed by atoms with van der Waals surface area (Å²) in [5.41, 5.74) is 13.5. The molecule has 3 aliphatic carbocycles. The number of fused-ring (bicyclic) bond motifs is 3. The molecule has 3 saturated carbocycles. The first kappa shape index (κ1) is 38.1. The number of carbonyl (C=O) groups is 1. The molecule has 6 N–H and O–H groups in total. The maximum atomic E-state index is 13.8. The second-order valence-electron chi connectivity index (χ2n) is 16.8. The number of aliphatic imine (C=N–C) groups is 1. The summed E-state index contributed by atoms with van der Waals surface area (Å²) in [5, 5.41) is 29.9. The molecule has 1 unspecified atom stereocenters. The summed E-state index contributed by atoms with van der Waals surface area (Å²) < 4.78 is 6.13. The van der Waals surface area contributed by atoms with Crippen molar-refractivity contribution in [2.45, 2.75) is 83.8 Å². The highest BCUT2D eigenvalue weighted by atomic mass is 16.7. The highest BCUT2D eigenvalue weighted by Crippen LogP contribution is 2.61. The minimum Gasteiger partial charge on any atom is -0.496 e. The number of nitrogens with zero attached hydrogens (tertiary/aromatic N) is 3. The second-order valence-corrected chi connectivity index (χ2v) is 16.8. The van der Waals surface area contributed by atoms with Gasteiger partial charge in [-0.1, -0.05) is 57.2 Å². The third-order valence-electron chi connectivity index (χ3n) is 13.0. The Kier molecular flexibility index (Phi) is 10.7. The summed E-state index contributed by atoms with van der Waals surface area (Å²) in [6, 6.07) is 19.5. The second kappa shape index (κ2) is 15.2. The molecule has 4 fully saturated rings. The van der Waals surface area contributed by atoms with Gasteiger partial charge in [-0.2, -0.15) is 5.06 Å². The number of hydrogen-bond donors (Lipinski definition) is 5. The van der Waals surface area contributed by atoms with Gasteiger partial charge in [-0.15, -0.1) is 0 Å².